The minimum atomic E-state index is 0.533. The standard InChI is InChI=1S/C16H15Cl2N3/c1-11-6-7-14-16(19-11)21(15(20-14)8-9-17)10-12-4-2-3-5-13(12)18/h2-7H,8-10H2,1H3. The van der Waals surface area contributed by atoms with Crippen LogP contribution < -0.4 is 0 Å². The summed E-state index contributed by atoms with van der Waals surface area (Å²) in [6.07, 6.45) is 0.710. The highest BCUT2D eigenvalue weighted by molar-refractivity contribution is 6.31. The second kappa shape index (κ2) is 6.04. The molecule has 0 N–H and O–H groups in total. The molecule has 2 aromatic heterocycles. The van der Waals surface area contributed by atoms with E-state index in [4.69, 9.17) is 23.2 Å². The van der Waals surface area contributed by atoms with Crippen molar-refractivity contribution in [2.24, 2.45) is 0 Å². The maximum absolute atomic E-state index is 6.27. The van der Waals surface area contributed by atoms with Crippen molar-refractivity contribution in [3.05, 3.63) is 58.5 Å². The van der Waals surface area contributed by atoms with E-state index in [2.05, 4.69) is 14.5 Å². The van der Waals surface area contributed by atoms with Gasteiger partial charge in [-0.25, -0.2) is 9.97 Å². The summed E-state index contributed by atoms with van der Waals surface area (Å²) < 4.78 is 2.10. The molecule has 5 heteroatoms. The number of imidazole rings is 1. The van der Waals surface area contributed by atoms with E-state index in [1.807, 2.05) is 43.3 Å². The van der Waals surface area contributed by atoms with Gasteiger partial charge in [-0.3, -0.25) is 0 Å². The molecule has 0 spiro atoms. The largest absolute Gasteiger partial charge is 0.308 e. The highest BCUT2D eigenvalue weighted by Gasteiger charge is 2.13. The summed E-state index contributed by atoms with van der Waals surface area (Å²) in [6, 6.07) is 11.8. The zero-order valence-corrected chi connectivity index (χ0v) is 13.2. The summed E-state index contributed by atoms with van der Waals surface area (Å²) in [5.41, 5.74) is 3.81. The van der Waals surface area contributed by atoms with Crippen molar-refractivity contribution in [1.82, 2.24) is 14.5 Å². The van der Waals surface area contributed by atoms with Crippen LogP contribution in [0.2, 0.25) is 5.02 Å². The molecule has 3 nitrogen and oxygen atoms in total. The van der Waals surface area contributed by atoms with Crippen molar-refractivity contribution >= 4 is 34.4 Å². The number of nitrogens with zero attached hydrogens (tertiary/aromatic N) is 3. The monoisotopic (exact) mass is 319 g/mol. The highest BCUT2D eigenvalue weighted by Crippen LogP contribution is 2.21. The first-order chi connectivity index (χ1) is 10.2. The second-order valence-corrected chi connectivity index (χ2v) is 5.73. The molecule has 0 aliphatic rings. The van der Waals surface area contributed by atoms with Gasteiger partial charge in [-0.05, 0) is 30.7 Å². The van der Waals surface area contributed by atoms with Crippen molar-refractivity contribution in [3.8, 4) is 0 Å². The molecule has 3 rings (SSSR count). The molecule has 108 valence electrons. The Bertz CT molecular complexity index is 780. The van der Waals surface area contributed by atoms with E-state index in [0.717, 1.165) is 33.3 Å². The van der Waals surface area contributed by atoms with E-state index in [1.165, 1.54) is 0 Å². The van der Waals surface area contributed by atoms with Gasteiger partial charge < -0.3 is 4.57 Å². The predicted octanol–water partition coefficient (Wildman–Crippen LogP) is 4.22. The van der Waals surface area contributed by atoms with Crippen LogP contribution >= 0.6 is 23.2 Å². The van der Waals surface area contributed by atoms with Gasteiger partial charge in [-0.2, -0.15) is 0 Å². The molecule has 0 bridgehead atoms. The lowest BCUT2D eigenvalue weighted by Crippen LogP contribution is -2.07. The normalized spacial score (nSPS) is 11.2. The number of aryl methyl sites for hydroxylation is 2. The minimum Gasteiger partial charge on any atom is -0.308 e. The lowest BCUT2D eigenvalue weighted by Gasteiger charge is -2.09. The third-order valence-electron chi connectivity index (χ3n) is 3.41. The Hall–Kier alpha value is -1.58. The molecule has 21 heavy (non-hydrogen) atoms. The number of benzene rings is 1. The fraction of sp³-hybridized carbons (Fsp3) is 0.250. The van der Waals surface area contributed by atoms with E-state index in [9.17, 15) is 0 Å². The van der Waals surface area contributed by atoms with Crippen LogP contribution in [-0.2, 0) is 13.0 Å². The number of halogens is 2. The molecule has 0 aliphatic heterocycles. The molecule has 1 aromatic carbocycles. The molecule has 0 aliphatic carbocycles. The van der Waals surface area contributed by atoms with Crippen molar-refractivity contribution in [2.75, 3.05) is 5.88 Å². The Morgan fingerprint density at radius 1 is 1.10 bits per heavy atom. The summed E-state index contributed by atoms with van der Waals surface area (Å²) in [5.74, 6) is 1.48. The Morgan fingerprint density at radius 2 is 1.90 bits per heavy atom. The average molecular weight is 320 g/mol. The van der Waals surface area contributed by atoms with E-state index >= 15 is 0 Å². The number of hydrogen-bond acceptors (Lipinski definition) is 2. The van der Waals surface area contributed by atoms with Crippen LogP contribution in [-0.4, -0.2) is 20.4 Å². The number of alkyl halides is 1. The van der Waals surface area contributed by atoms with Crippen molar-refractivity contribution in [2.45, 2.75) is 19.9 Å². The van der Waals surface area contributed by atoms with Crippen LogP contribution in [0.3, 0.4) is 0 Å². The number of aromatic nitrogens is 3. The van der Waals surface area contributed by atoms with Gasteiger partial charge >= 0.3 is 0 Å². The van der Waals surface area contributed by atoms with Gasteiger partial charge in [0.15, 0.2) is 5.65 Å². The molecule has 0 saturated heterocycles. The van der Waals surface area contributed by atoms with E-state index in [1.54, 1.807) is 0 Å². The van der Waals surface area contributed by atoms with Crippen LogP contribution in [0.5, 0.6) is 0 Å². The van der Waals surface area contributed by atoms with E-state index in [-0.39, 0.29) is 0 Å². The van der Waals surface area contributed by atoms with Gasteiger partial charge in [0.05, 0.1) is 6.54 Å². The minimum absolute atomic E-state index is 0.533. The van der Waals surface area contributed by atoms with Crippen molar-refractivity contribution in [3.63, 3.8) is 0 Å². The van der Waals surface area contributed by atoms with E-state index < -0.39 is 0 Å². The van der Waals surface area contributed by atoms with Crippen LogP contribution in [0.4, 0.5) is 0 Å². The smallest absolute Gasteiger partial charge is 0.160 e. The Kier molecular flexibility index (Phi) is 4.13. The first kappa shape index (κ1) is 14.4. The Balaban J connectivity index is 2.12. The first-order valence-corrected chi connectivity index (χ1v) is 7.72. The topological polar surface area (TPSA) is 30.7 Å². The molecule has 0 saturated carbocycles. The number of rotatable bonds is 4. The van der Waals surface area contributed by atoms with Gasteiger partial charge in [0.1, 0.15) is 11.3 Å². The van der Waals surface area contributed by atoms with Gasteiger partial charge in [-0.15, -0.1) is 11.6 Å². The molecular formula is C16H15Cl2N3. The molecular weight excluding hydrogens is 305 g/mol. The lowest BCUT2D eigenvalue weighted by molar-refractivity contribution is 0.747. The summed E-state index contributed by atoms with van der Waals surface area (Å²) in [4.78, 5) is 9.26. The van der Waals surface area contributed by atoms with Crippen LogP contribution in [0, 0.1) is 6.92 Å². The highest BCUT2D eigenvalue weighted by atomic mass is 35.5. The molecule has 0 fully saturated rings. The fourth-order valence-electron chi connectivity index (χ4n) is 2.38. The fourth-order valence-corrected chi connectivity index (χ4v) is 2.75. The summed E-state index contributed by atoms with van der Waals surface area (Å²) in [5, 5.41) is 0.754. The second-order valence-electron chi connectivity index (χ2n) is 4.94. The predicted molar refractivity (Wildman–Crippen MR) is 87.2 cm³/mol. The van der Waals surface area contributed by atoms with Gasteiger partial charge in [0, 0.05) is 23.0 Å². The first-order valence-electron chi connectivity index (χ1n) is 6.81. The van der Waals surface area contributed by atoms with Crippen LogP contribution in [0.1, 0.15) is 17.1 Å². The third-order valence-corrected chi connectivity index (χ3v) is 3.97. The third kappa shape index (κ3) is 2.89. The molecule has 0 amide bonds. The van der Waals surface area contributed by atoms with Crippen LogP contribution in [0.15, 0.2) is 36.4 Å². The van der Waals surface area contributed by atoms with Gasteiger partial charge in [0.2, 0.25) is 0 Å². The van der Waals surface area contributed by atoms with Crippen molar-refractivity contribution in [1.29, 1.82) is 0 Å². The summed E-state index contributed by atoms with van der Waals surface area (Å²) >= 11 is 12.2. The SMILES string of the molecule is Cc1ccc2nc(CCCl)n(Cc3ccccc3Cl)c2n1. The summed E-state index contributed by atoms with van der Waals surface area (Å²) in [7, 11) is 0. The summed E-state index contributed by atoms with van der Waals surface area (Å²) in [6.45, 7) is 2.63. The van der Waals surface area contributed by atoms with Crippen molar-refractivity contribution < 1.29 is 0 Å². The molecule has 2 heterocycles. The maximum Gasteiger partial charge on any atom is 0.160 e. The van der Waals surface area contributed by atoms with E-state index in [0.29, 0.717) is 18.8 Å². The molecule has 0 atom stereocenters. The zero-order chi connectivity index (χ0) is 14.8. The molecule has 0 unspecified atom stereocenters. The lowest BCUT2D eigenvalue weighted by atomic mass is 10.2. The number of fused-ring (bicyclic) bond motifs is 1. The average Bonchev–Trinajstić information content (AvgIpc) is 2.79. The zero-order valence-electron chi connectivity index (χ0n) is 11.7. The Labute approximate surface area is 133 Å². The molecule has 0 radical (unpaired) electrons. The van der Waals surface area contributed by atoms with Crippen LogP contribution in [0.25, 0.3) is 11.2 Å². The number of hydrogen-bond donors (Lipinski definition) is 0. The maximum atomic E-state index is 6.27. The molecule has 3 aromatic rings. The van der Waals surface area contributed by atoms with Gasteiger partial charge in [0.25, 0.3) is 0 Å². The van der Waals surface area contributed by atoms with Gasteiger partial charge in [-0.1, -0.05) is 29.8 Å². The number of pyridine rings is 1. The Morgan fingerprint density at radius 3 is 2.67 bits per heavy atom. The quantitative estimate of drug-likeness (QED) is 0.674.